The number of rotatable bonds is 6. The molecule has 0 bridgehead atoms. The van der Waals surface area contributed by atoms with Crippen molar-refractivity contribution in [2.75, 3.05) is 27.3 Å². The molecule has 4 nitrogen and oxygen atoms in total. The molecule has 2 N–H and O–H groups in total. The zero-order valence-corrected chi connectivity index (χ0v) is 12.1. The predicted molar refractivity (Wildman–Crippen MR) is 73.3 cm³/mol. The molecule has 1 fully saturated rings. The van der Waals surface area contributed by atoms with E-state index < -0.39 is 0 Å². The van der Waals surface area contributed by atoms with E-state index in [2.05, 4.69) is 0 Å². The zero-order valence-electron chi connectivity index (χ0n) is 12.1. The Morgan fingerprint density at radius 1 is 1.39 bits per heavy atom. The molecule has 1 amide bonds. The molecule has 1 saturated carbocycles. The largest absolute Gasteiger partial charge is 0.383 e. The maximum Gasteiger partial charge on any atom is 0.223 e. The van der Waals surface area contributed by atoms with E-state index in [1.165, 1.54) is 19.3 Å². The molecule has 0 aliphatic heterocycles. The highest BCUT2D eigenvalue weighted by Crippen LogP contribution is 2.38. The van der Waals surface area contributed by atoms with Gasteiger partial charge in [-0.05, 0) is 31.7 Å². The quantitative estimate of drug-likeness (QED) is 0.788. The number of carbonyl (C=O) groups excluding carboxylic acids is 1. The van der Waals surface area contributed by atoms with Gasteiger partial charge in [0.05, 0.1) is 12.6 Å². The first-order valence-corrected chi connectivity index (χ1v) is 6.99. The molecule has 0 aromatic carbocycles. The lowest BCUT2D eigenvalue weighted by Gasteiger charge is -2.37. The Morgan fingerprint density at radius 2 is 2.00 bits per heavy atom. The summed E-state index contributed by atoms with van der Waals surface area (Å²) in [7, 11) is 3.52. The highest BCUT2D eigenvalue weighted by atomic mass is 16.5. The van der Waals surface area contributed by atoms with Crippen LogP contribution in [0.3, 0.4) is 0 Å². The van der Waals surface area contributed by atoms with Gasteiger partial charge in [0.15, 0.2) is 0 Å². The number of likely N-dealkylation sites (N-methyl/N-ethyl adjacent to an activating group) is 1. The Labute approximate surface area is 111 Å². The third kappa shape index (κ3) is 3.95. The van der Waals surface area contributed by atoms with E-state index in [9.17, 15) is 4.79 Å². The first-order valence-electron chi connectivity index (χ1n) is 6.99. The third-order valence-corrected chi connectivity index (χ3v) is 4.34. The van der Waals surface area contributed by atoms with Crippen LogP contribution >= 0.6 is 0 Å². The van der Waals surface area contributed by atoms with Crippen molar-refractivity contribution in [3.63, 3.8) is 0 Å². The van der Waals surface area contributed by atoms with Gasteiger partial charge in [-0.25, -0.2) is 0 Å². The van der Waals surface area contributed by atoms with Crippen LogP contribution in [-0.4, -0.2) is 44.2 Å². The number of carbonyl (C=O) groups is 1. The van der Waals surface area contributed by atoms with Gasteiger partial charge in [0, 0.05) is 20.6 Å². The fraction of sp³-hybridized carbons (Fsp3) is 0.929. The fourth-order valence-electron chi connectivity index (χ4n) is 2.80. The number of hydrogen-bond acceptors (Lipinski definition) is 3. The highest BCUT2D eigenvalue weighted by Gasteiger charge is 2.34. The van der Waals surface area contributed by atoms with Crippen molar-refractivity contribution in [3.05, 3.63) is 0 Å². The van der Waals surface area contributed by atoms with E-state index in [0.717, 1.165) is 12.8 Å². The van der Waals surface area contributed by atoms with E-state index in [1.807, 2.05) is 14.0 Å². The third-order valence-electron chi connectivity index (χ3n) is 4.34. The standard InChI is InChI=1S/C14H28N2O2/c1-12(10-18-3)16(2)13(17)9-14(11-15)7-5-4-6-8-14/h12H,4-11,15H2,1-3H3. The van der Waals surface area contributed by atoms with E-state index in [0.29, 0.717) is 19.6 Å². The van der Waals surface area contributed by atoms with Crippen molar-refractivity contribution in [1.29, 1.82) is 0 Å². The lowest BCUT2D eigenvalue weighted by molar-refractivity contribution is -0.135. The second-order valence-corrected chi connectivity index (χ2v) is 5.75. The molecule has 0 aromatic rings. The SMILES string of the molecule is COCC(C)N(C)C(=O)CC1(CN)CCCCC1. The molecule has 106 valence electrons. The minimum Gasteiger partial charge on any atom is -0.383 e. The molecule has 1 atom stereocenters. The minimum absolute atomic E-state index is 0.0520. The summed E-state index contributed by atoms with van der Waals surface area (Å²) in [5, 5.41) is 0. The lowest BCUT2D eigenvalue weighted by Crippen LogP contribution is -2.43. The van der Waals surface area contributed by atoms with Gasteiger partial charge in [-0.15, -0.1) is 0 Å². The van der Waals surface area contributed by atoms with E-state index in [1.54, 1.807) is 12.0 Å². The molecule has 0 heterocycles. The van der Waals surface area contributed by atoms with Crippen LogP contribution in [0.5, 0.6) is 0 Å². The minimum atomic E-state index is 0.0520. The molecule has 1 rings (SSSR count). The van der Waals surface area contributed by atoms with Gasteiger partial charge in [0.1, 0.15) is 0 Å². The molecule has 4 heteroatoms. The first kappa shape index (κ1) is 15.4. The molecule has 0 spiro atoms. The van der Waals surface area contributed by atoms with Gasteiger partial charge >= 0.3 is 0 Å². The summed E-state index contributed by atoms with van der Waals surface area (Å²) in [5.74, 6) is 0.201. The smallest absolute Gasteiger partial charge is 0.223 e. The summed E-state index contributed by atoms with van der Waals surface area (Å²) in [6, 6.07) is 0.126. The molecule has 1 aliphatic carbocycles. The Bertz CT molecular complexity index is 263. The van der Waals surface area contributed by atoms with Gasteiger partial charge in [-0.2, -0.15) is 0 Å². The second-order valence-electron chi connectivity index (χ2n) is 5.75. The Balaban J connectivity index is 2.55. The van der Waals surface area contributed by atoms with Crippen LogP contribution < -0.4 is 5.73 Å². The lowest BCUT2D eigenvalue weighted by atomic mass is 9.71. The molecular formula is C14H28N2O2. The number of nitrogens with zero attached hydrogens (tertiary/aromatic N) is 1. The molecule has 1 unspecified atom stereocenters. The topological polar surface area (TPSA) is 55.6 Å². The molecular weight excluding hydrogens is 228 g/mol. The summed E-state index contributed by atoms with van der Waals surface area (Å²) in [4.78, 5) is 14.1. The number of ether oxygens (including phenoxy) is 1. The van der Waals surface area contributed by atoms with E-state index in [-0.39, 0.29) is 17.4 Å². The van der Waals surface area contributed by atoms with Crippen LogP contribution in [0.2, 0.25) is 0 Å². The van der Waals surface area contributed by atoms with Crippen LogP contribution in [0.15, 0.2) is 0 Å². The van der Waals surface area contributed by atoms with Crippen molar-refractivity contribution in [2.45, 2.75) is 51.5 Å². The second kappa shape index (κ2) is 7.10. The summed E-state index contributed by atoms with van der Waals surface area (Å²) < 4.78 is 5.10. The number of methoxy groups -OCH3 is 1. The average molecular weight is 256 g/mol. The van der Waals surface area contributed by atoms with Crippen molar-refractivity contribution in [2.24, 2.45) is 11.1 Å². The average Bonchev–Trinajstić information content (AvgIpc) is 2.39. The molecule has 18 heavy (non-hydrogen) atoms. The maximum atomic E-state index is 12.3. The molecule has 0 radical (unpaired) electrons. The van der Waals surface area contributed by atoms with Crippen LogP contribution in [0.25, 0.3) is 0 Å². The van der Waals surface area contributed by atoms with Crippen molar-refractivity contribution in [3.8, 4) is 0 Å². The summed E-state index contributed by atoms with van der Waals surface area (Å²) in [6.45, 7) is 3.22. The van der Waals surface area contributed by atoms with Gasteiger partial charge in [0.2, 0.25) is 5.91 Å². The van der Waals surface area contributed by atoms with Crippen molar-refractivity contribution >= 4 is 5.91 Å². The van der Waals surface area contributed by atoms with Crippen LogP contribution in [0, 0.1) is 5.41 Å². The zero-order chi connectivity index (χ0) is 13.6. The van der Waals surface area contributed by atoms with Gasteiger partial charge < -0.3 is 15.4 Å². The van der Waals surface area contributed by atoms with E-state index in [4.69, 9.17) is 10.5 Å². The van der Waals surface area contributed by atoms with E-state index >= 15 is 0 Å². The predicted octanol–water partition coefficient (Wildman–Crippen LogP) is 1.78. The molecule has 0 aromatic heterocycles. The van der Waals surface area contributed by atoms with Crippen LogP contribution in [-0.2, 0) is 9.53 Å². The number of nitrogens with two attached hydrogens (primary N) is 1. The monoisotopic (exact) mass is 256 g/mol. The number of hydrogen-bond donors (Lipinski definition) is 1. The van der Waals surface area contributed by atoms with Crippen molar-refractivity contribution < 1.29 is 9.53 Å². The number of amides is 1. The Hall–Kier alpha value is -0.610. The van der Waals surface area contributed by atoms with Gasteiger partial charge in [-0.1, -0.05) is 19.3 Å². The van der Waals surface area contributed by atoms with Gasteiger partial charge in [-0.3, -0.25) is 4.79 Å². The first-order chi connectivity index (χ1) is 8.54. The van der Waals surface area contributed by atoms with Crippen molar-refractivity contribution in [1.82, 2.24) is 4.90 Å². The molecule has 0 saturated heterocycles. The summed E-state index contributed by atoms with van der Waals surface area (Å²) in [6.07, 6.45) is 6.49. The Kier molecular flexibility index (Phi) is 6.09. The van der Waals surface area contributed by atoms with Crippen LogP contribution in [0.1, 0.15) is 45.4 Å². The van der Waals surface area contributed by atoms with Crippen LogP contribution in [0.4, 0.5) is 0 Å². The summed E-state index contributed by atoms with van der Waals surface area (Å²) >= 11 is 0. The molecule has 1 aliphatic rings. The maximum absolute atomic E-state index is 12.3. The van der Waals surface area contributed by atoms with Gasteiger partial charge in [0.25, 0.3) is 0 Å². The normalized spacial score (nSPS) is 20.4. The highest BCUT2D eigenvalue weighted by molar-refractivity contribution is 5.77. The Morgan fingerprint density at radius 3 is 2.50 bits per heavy atom. The summed E-state index contributed by atoms with van der Waals surface area (Å²) in [5.41, 5.74) is 5.98. The fourth-order valence-corrected chi connectivity index (χ4v) is 2.80.